The van der Waals surface area contributed by atoms with Crippen LogP contribution < -0.4 is 10.6 Å². The molecular formula is C15H14Cl2N4O. The van der Waals surface area contributed by atoms with Gasteiger partial charge in [-0.25, -0.2) is 4.79 Å². The molecule has 0 aliphatic heterocycles. The van der Waals surface area contributed by atoms with E-state index in [1.54, 1.807) is 30.7 Å². The van der Waals surface area contributed by atoms with Gasteiger partial charge in [-0.1, -0.05) is 18.2 Å². The van der Waals surface area contributed by atoms with E-state index in [0.29, 0.717) is 11.4 Å². The van der Waals surface area contributed by atoms with E-state index in [1.165, 1.54) is 0 Å². The summed E-state index contributed by atoms with van der Waals surface area (Å²) >= 11 is 0. The van der Waals surface area contributed by atoms with Crippen LogP contribution in [-0.2, 0) is 0 Å². The highest BCUT2D eigenvalue weighted by Gasteiger charge is 2.03. The minimum absolute atomic E-state index is 0. The molecule has 2 N–H and O–H groups in total. The third kappa shape index (κ3) is 4.31. The number of aromatic nitrogens is 2. The number of urea groups is 1. The standard InChI is InChI=1S/C15H12N4O.2ClH/c20-15(18-12-5-3-7-16-9-12)19-13-8-11-4-1-2-6-14(11)17-10-13;;/h1-10H,(H2,18,19,20);2*1H. The van der Waals surface area contributed by atoms with Crippen molar-refractivity contribution < 1.29 is 4.79 Å². The van der Waals surface area contributed by atoms with Crippen LogP contribution in [0.15, 0.2) is 61.1 Å². The SMILES string of the molecule is Cl.Cl.O=C(Nc1cccnc1)Nc1cnc2ccccc2c1. The van der Waals surface area contributed by atoms with Gasteiger partial charge < -0.3 is 10.6 Å². The van der Waals surface area contributed by atoms with Gasteiger partial charge in [-0.2, -0.15) is 0 Å². The molecule has 0 bridgehead atoms. The van der Waals surface area contributed by atoms with Gasteiger partial charge in [0.2, 0.25) is 0 Å². The van der Waals surface area contributed by atoms with Crippen LogP contribution in [0.3, 0.4) is 0 Å². The summed E-state index contributed by atoms with van der Waals surface area (Å²) in [6.07, 6.45) is 4.86. The molecule has 22 heavy (non-hydrogen) atoms. The minimum Gasteiger partial charge on any atom is -0.306 e. The highest BCUT2D eigenvalue weighted by atomic mass is 35.5. The molecule has 0 aliphatic carbocycles. The summed E-state index contributed by atoms with van der Waals surface area (Å²) in [6, 6.07) is 12.8. The van der Waals surface area contributed by atoms with Crippen LogP contribution in [0.5, 0.6) is 0 Å². The number of fused-ring (bicyclic) bond motifs is 1. The molecule has 114 valence electrons. The number of anilines is 2. The quantitative estimate of drug-likeness (QED) is 0.739. The van der Waals surface area contributed by atoms with Gasteiger partial charge in [0.25, 0.3) is 0 Å². The Hall–Kier alpha value is -2.37. The Morgan fingerprint density at radius 1 is 0.909 bits per heavy atom. The number of rotatable bonds is 2. The lowest BCUT2D eigenvalue weighted by Gasteiger charge is -2.07. The van der Waals surface area contributed by atoms with Gasteiger partial charge in [-0.15, -0.1) is 24.8 Å². The minimum atomic E-state index is -0.324. The first-order valence-corrected chi connectivity index (χ1v) is 6.14. The molecular weight excluding hydrogens is 323 g/mol. The molecule has 2 aromatic heterocycles. The number of halogens is 2. The Kier molecular flexibility index (Phi) is 6.56. The Balaban J connectivity index is 0.00000121. The average molecular weight is 337 g/mol. The second-order valence-electron chi connectivity index (χ2n) is 4.24. The first-order chi connectivity index (χ1) is 9.81. The third-order valence-electron chi connectivity index (χ3n) is 2.77. The lowest BCUT2D eigenvalue weighted by atomic mass is 10.2. The number of nitrogens with one attached hydrogen (secondary N) is 2. The van der Waals surface area contributed by atoms with Gasteiger partial charge in [-0.3, -0.25) is 9.97 Å². The topological polar surface area (TPSA) is 66.9 Å². The Bertz CT molecular complexity index is 753. The Labute approximate surface area is 140 Å². The number of hydrogen-bond donors (Lipinski definition) is 2. The fourth-order valence-corrected chi connectivity index (χ4v) is 1.87. The highest BCUT2D eigenvalue weighted by molar-refractivity contribution is 6.00. The summed E-state index contributed by atoms with van der Waals surface area (Å²) < 4.78 is 0. The van der Waals surface area contributed by atoms with Crippen LogP contribution in [0.1, 0.15) is 0 Å². The normalized spacial score (nSPS) is 9.27. The zero-order valence-electron chi connectivity index (χ0n) is 11.4. The molecule has 0 unspecified atom stereocenters. The van der Waals surface area contributed by atoms with Crippen LogP contribution >= 0.6 is 24.8 Å². The first kappa shape index (κ1) is 17.7. The van der Waals surface area contributed by atoms with Gasteiger partial charge in [0, 0.05) is 11.6 Å². The van der Waals surface area contributed by atoms with Gasteiger partial charge in [0.1, 0.15) is 0 Å². The van der Waals surface area contributed by atoms with Crippen molar-refractivity contribution in [3.63, 3.8) is 0 Å². The number of nitrogens with zero attached hydrogens (tertiary/aromatic N) is 2. The maximum Gasteiger partial charge on any atom is 0.323 e. The molecule has 1 aromatic carbocycles. The fraction of sp³-hybridized carbons (Fsp3) is 0. The molecule has 0 aliphatic rings. The number of pyridine rings is 2. The molecule has 2 amide bonds. The van der Waals surface area contributed by atoms with Crippen molar-refractivity contribution in [1.29, 1.82) is 0 Å². The Morgan fingerprint density at radius 3 is 2.45 bits per heavy atom. The second-order valence-corrected chi connectivity index (χ2v) is 4.24. The van der Waals surface area contributed by atoms with Gasteiger partial charge >= 0.3 is 6.03 Å². The molecule has 3 rings (SSSR count). The zero-order valence-corrected chi connectivity index (χ0v) is 13.0. The molecule has 5 nitrogen and oxygen atoms in total. The van der Waals surface area contributed by atoms with Crippen molar-refractivity contribution in [3.8, 4) is 0 Å². The molecule has 7 heteroatoms. The van der Waals surface area contributed by atoms with Gasteiger partial charge in [0.05, 0.1) is 29.3 Å². The number of carbonyl (C=O) groups excluding carboxylic acids is 1. The number of hydrogen-bond acceptors (Lipinski definition) is 3. The predicted octanol–water partition coefficient (Wildman–Crippen LogP) is 4.12. The average Bonchev–Trinajstić information content (AvgIpc) is 2.48. The second kappa shape index (κ2) is 8.17. The summed E-state index contributed by atoms with van der Waals surface area (Å²) in [5.74, 6) is 0. The maximum absolute atomic E-state index is 11.8. The van der Waals surface area contributed by atoms with E-state index in [1.807, 2.05) is 30.3 Å². The van der Waals surface area contributed by atoms with Crippen molar-refractivity contribution in [2.24, 2.45) is 0 Å². The lowest BCUT2D eigenvalue weighted by Crippen LogP contribution is -2.19. The van der Waals surface area contributed by atoms with Crippen LogP contribution in [0.2, 0.25) is 0 Å². The number of benzene rings is 1. The fourth-order valence-electron chi connectivity index (χ4n) is 1.87. The summed E-state index contributed by atoms with van der Waals surface area (Å²) in [5.41, 5.74) is 2.18. The van der Waals surface area contributed by atoms with Crippen molar-refractivity contribution in [1.82, 2.24) is 9.97 Å². The molecule has 0 fully saturated rings. The van der Waals surface area contributed by atoms with Crippen molar-refractivity contribution in [2.45, 2.75) is 0 Å². The van der Waals surface area contributed by atoms with E-state index in [0.717, 1.165) is 10.9 Å². The maximum atomic E-state index is 11.8. The Morgan fingerprint density at radius 2 is 1.68 bits per heavy atom. The van der Waals surface area contributed by atoms with Gasteiger partial charge in [0.15, 0.2) is 0 Å². The molecule has 0 spiro atoms. The third-order valence-corrected chi connectivity index (χ3v) is 2.77. The number of para-hydroxylation sites is 1. The van der Waals surface area contributed by atoms with Crippen LogP contribution in [0.25, 0.3) is 10.9 Å². The highest BCUT2D eigenvalue weighted by Crippen LogP contribution is 2.16. The molecule has 0 saturated heterocycles. The molecule has 0 radical (unpaired) electrons. The predicted molar refractivity (Wildman–Crippen MR) is 93.1 cm³/mol. The zero-order chi connectivity index (χ0) is 13.8. The van der Waals surface area contributed by atoms with E-state index in [2.05, 4.69) is 20.6 Å². The van der Waals surface area contributed by atoms with E-state index >= 15 is 0 Å². The summed E-state index contributed by atoms with van der Waals surface area (Å²) in [7, 11) is 0. The largest absolute Gasteiger partial charge is 0.323 e. The van der Waals surface area contributed by atoms with Crippen molar-refractivity contribution >= 4 is 53.1 Å². The molecule has 3 aromatic rings. The van der Waals surface area contributed by atoms with E-state index in [-0.39, 0.29) is 30.8 Å². The molecule has 0 atom stereocenters. The molecule has 0 saturated carbocycles. The van der Waals surface area contributed by atoms with Crippen LogP contribution in [0, 0.1) is 0 Å². The summed E-state index contributed by atoms with van der Waals surface area (Å²) in [4.78, 5) is 20.1. The first-order valence-electron chi connectivity index (χ1n) is 6.14. The van der Waals surface area contributed by atoms with Crippen molar-refractivity contribution in [2.75, 3.05) is 10.6 Å². The van der Waals surface area contributed by atoms with E-state index < -0.39 is 0 Å². The van der Waals surface area contributed by atoms with Crippen LogP contribution in [0.4, 0.5) is 16.2 Å². The van der Waals surface area contributed by atoms with Crippen LogP contribution in [-0.4, -0.2) is 16.0 Å². The summed E-state index contributed by atoms with van der Waals surface area (Å²) in [6.45, 7) is 0. The van der Waals surface area contributed by atoms with E-state index in [9.17, 15) is 4.79 Å². The monoisotopic (exact) mass is 336 g/mol. The van der Waals surface area contributed by atoms with E-state index in [4.69, 9.17) is 0 Å². The number of carbonyl (C=O) groups is 1. The molecule has 2 heterocycles. The lowest BCUT2D eigenvalue weighted by molar-refractivity contribution is 0.262. The van der Waals surface area contributed by atoms with Crippen molar-refractivity contribution in [3.05, 3.63) is 61.1 Å². The number of amides is 2. The summed E-state index contributed by atoms with van der Waals surface area (Å²) in [5, 5.41) is 6.42. The van der Waals surface area contributed by atoms with Gasteiger partial charge in [-0.05, 0) is 24.3 Å². The smallest absolute Gasteiger partial charge is 0.306 e.